The molecular weight excluding hydrogens is 451 g/mol. The third kappa shape index (κ3) is 4.92. The van der Waals surface area contributed by atoms with Crippen LogP contribution in [0.5, 0.6) is 5.75 Å². The largest absolute Gasteiger partial charge is 0.496 e. The van der Waals surface area contributed by atoms with Gasteiger partial charge in [0.1, 0.15) is 11.4 Å². The van der Waals surface area contributed by atoms with Gasteiger partial charge in [-0.2, -0.15) is 18.3 Å². The average molecular weight is 468 g/mol. The molecule has 0 aliphatic rings. The van der Waals surface area contributed by atoms with Crippen molar-refractivity contribution in [1.82, 2.24) is 9.78 Å². The Kier molecular flexibility index (Phi) is 6.85. The molecule has 3 aromatic rings. The molecule has 3 rings (SSSR count). The van der Waals surface area contributed by atoms with Gasteiger partial charge in [-0.1, -0.05) is 29.8 Å². The van der Waals surface area contributed by atoms with E-state index >= 15 is 0 Å². The minimum atomic E-state index is -4.71. The van der Waals surface area contributed by atoms with Crippen LogP contribution in [0.25, 0.3) is 11.3 Å². The molecule has 0 saturated carbocycles. The minimum Gasteiger partial charge on any atom is -0.496 e. The van der Waals surface area contributed by atoms with Gasteiger partial charge in [0.15, 0.2) is 0 Å². The molecule has 168 valence electrons. The van der Waals surface area contributed by atoms with Crippen LogP contribution in [0.1, 0.15) is 15.9 Å². The number of halogens is 4. The highest BCUT2D eigenvalue weighted by molar-refractivity contribution is 6.31. The first-order valence-corrected chi connectivity index (χ1v) is 9.58. The summed E-state index contributed by atoms with van der Waals surface area (Å²) in [6.45, 7) is -0.699. The lowest BCUT2D eigenvalue weighted by atomic mass is 10.0. The quantitative estimate of drug-likeness (QED) is 0.574. The number of aliphatic hydroxyl groups excluding tert-OH is 1. The van der Waals surface area contributed by atoms with Gasteiger partial charge >= 0.3 is 6.18 Å². The van der Waals surface area contributed by atoms with E-state index < -0.39 is 29.8 Å². The summed E-state index contributed by atoms with van der Waals surface area (Å²) in [6.07, 6.45) is -4.71. The van der Waals surface area contributed by atoms with Gasteiger partial charge in [-0.3, -0.25) is 9.59 Å². The highest BCUT2D eigenvalue weighted by Crippen LogP contribution is 2.38. The minimum absolute atomic E-state index is 0.00888. The lowest BCUT2D eigenvalue weighted by Gasteiger charge is -2.17. The monoisotopic (exact) mass is 467 g/mol. The SMILES string of the molecule is COc1ccc(Cl)cc1C(=O)Nc1cc(=O)n(CCO)nc1-c1ccccc1C(F)(F)F. The number of hydrogen-bond donors (Lipinski definition) is 2. The number of benzene rings is 2. The molecule has 32 heavy (non-hydrogen) atoms. The summed E-state index contributed by atoms with van der Waals surface area (Å²) in [7, 11) is 1.34. The molecule has 2 aromatic carbocycles. The Labute approximate surface area is 185 Å². The molecular formula is C21H17ClF3N3O4. The fraction of sp³-hybridized carbons (Fsp3) is 0.190. The van der Waals surface area contributed by atoms with Crippen molar-refractivity contribution in [3.05, 3.63) is 75.0 Å². The molecule has 0 atom stereocenters. The summed E-state index contributed by atoms with van der Waals surface area (Å²) in [6, 6.07) is 9.84. The first-order valence-electron chi connectivity index (χ1n) is 9.20. The zero-order valence-electron chi connectivity index (χ0n) is 16.6. The molecule has 11 heteroatoms. The van der Waals surface area contributed by atoms with Crippen molar-refractivity contribution in [2.75, 3.05) is 19.0 Å². The number of aromatic nitrogens is 2. The second-order valence-electron chi connectivity index (χ2n) is 6.53. The van der Waals surface area contributed by atoms with E-state index in [1.54, 1.807) is 0 Å². The van der Waals surface area contributed by atoms with Crippen LogP contribution in [-0.4, -0.2) is 34.5 Å². The van der Waals surface area contributed by atoms with E-state index in [9.17, 15) is 22.8 Å². The fourth-order valence-corrected chi connectivity index (χ4v) is 3.20. The zero-order valence-corrected chi connectivity index (χ0v) is 17.4. The van der Waals surface area contributed by atoms with Gasteiger partial charge in [-0.15, -0.1) is 0 Å². The zero-order chi connectivity index (χ0) is 23.5. The summed E-state index contributed by atoms with van der Waals surface area (Å²) in [5.41, 5.74) is -2.60. The maximum atomic E-state index is 13.6. The summed E-state index contributed by atoms with van der Waals surface area (Å²) < 4.78 is 46.8. The number of rotatable bonds is 6. The number of nitrogens with zero attached hydrogens (tertiary/aromatic N) is 2. The molecule has 0 saturated heterocycles. The third-order valence-electron chi connectivity index (χ3n) is 4.45. The number of ether oxygens (including phenoxy) is 1. The van der Waals surface area contributed by atoms with Crippen LogP contribution in [0.15, 0.2) is 53.3 Å². The van der Waals surface area contributed by atoms with Crippen LogP contribution in [-0.2, 0) is 12.7 Å². The molecule has 0 aliphatic heterocycles. The van der Waals surface area contributed by atoms with Crippen LogP contribution in [0, 0.1) is 0 Å². The Morgan fingerprint density at radius 1 is 1.22 bits per heavy atom. The molecule has 0 spiro atoms. The lowest BCUT2D eigenvalue weighted by molar-refractivity contribution is -0.137. The number of methoxy groups -OCH3 is 1. The standard InChI is InChI=1S/C21H17ClF3N3O4/c1-32-17-7-6-12(22)10-14(17)20(31)26-16-11-18(30)28(8-9-29)27-19(16)13-4-2-3-5-15(13)21(23,24)25/h2-7,10-11,29H,8-9H2,1H3,(H,26,31). The van der Waals surface area contributed by atoms with Crippen molar-refractivity contribution in [2.45, 2.75) is 12.7 Å². The summed E-state index contributed by atoms with van der Waals surface area (Å²) in [5.74, 6) is -0.595. The maximum absolute atomic E-state index is 13.6. The predicted molar refractivity (Wildman–Crippen MR) is 112 cm³/mol. The van der Waals surface area contributed by atoms with Gasteiger partial charge < -0.3 is 15.2 Å². The number of aliphatic hydroxyl groups is 1. The number of carbonyl (C=O) groups excluding carboxylic acids is 1. The van der Waals surface area contributed by atoms with Gasteiger partial charge in [0.2, 0.25) is 0 Å². The van der Waals surface area contributed by atoms with Crippen LogP contribution in [0.3, 0.4) is 0 Å². The van der Waals surface area contributed by atoms with Crippen molar-refractivity contribution in [3.8, 4) is 17.0 Å². The number of nitrogens with one attached hydrogen (secondary N) is 1. The number of carbonyl (C=O) groups is 1. The van der Waals surface area contributed by atoms with Crippen molar-refractivity contribution >= 4 is 23.2 Å². The lowest BCUT2D eigenvalue weighted by Crippen LogP contribution is -2.26. The molecule has 1 aromatic heterocycles. The van der Waals surface area contributed by atoms with E-state index in [1.165, 1.54) is 43.5 Å². The molecule has 0 unspecified atom stereocenters. The number of hydrogen-bond acceptors (Lipinski definition) is 5. The Morgan fingerprint density at radius 3 is 2.59 bits per heavy atom. The molecule has 1 amide bonds. The smallest absolute Gasteiger partial charge is 0.417 e. The number of amides is 1. The van der Waals surface area contributed by atoms with E-state index in [1.807, 2.05) is 0 Å². The summed E-state index contributed by atoms with van der Waals surface area (Å²) in [5, 5.41) is 15.8. The van der Waals surface area contributed by atoms with Crippen molar-refractivity contribution in [3.63, 3.8) is 0 Å². The highest BCUT2D eigenvalue weighted by Gasteiger charge is 2.34. The topological polar surface area (TPSA) is 93.5 Å². The van der Waals surface area contributed by atoms with Gasteiger partial charge in [0.25, 0.3) is 11.5 Å². The predicted octanol–water partition coefficient (Wildman–Crippen LogP) is 3.84. The van der Waals surface area contributed by atoms with E-state index in [0.717, 1.165) is 16.8 Å². The van der Waals surface area contributed by atoms with Crippen LogP contribution >= 0.6 is 11.6 Å². The molecule has 0 aliphatic carbocycles. The van der Waals surface area contributed by atoms with Crippen LogP contribution in [0.4, 0.5) is 18.9 Å². The second-order valence-corrected chi connectivity index (χ2v) is 6.97. The normalized spacial score (nSPS) is 11.3. The van der Waals surface area contributed by atoms with Crippen LogP contribution in [0.2, 0.25) is 5.02 Å². The first-order chi connectivity index (χ1) is 15.2. The fourth-order valence-electron chi connectivity index (χ4n) is 3.02. The summed E-state index contributed by atoms with van der Waals surface area (Å²) in [4.78, 5) is 25.2. The molecule has 0 bridgehead atoms. The number of anilines is 1. The van der Waals surface area contributed by atoms with Gasteiger partial charge in [0.05, 0.1) is 37.1 Å². The van der Waals surface area contributed by atoms with Crippen LogP contribution < -0.4 is 15.6 Å². The second kappa shape index (κ2) is 9.41. The van der Waals surface area contributed by atoms with Gasteiger partial charge in [0, 0.05) is 16.7 Å². The Hall–Kier alpha value is -3.37. The van der Waals surface area contributed by atoms with Gasteiger partial charge in [-0.05, 0) is 24.3 Å². The van der Waals surface area contributed by atoms with E-state index in [-0.39, 0.29) is 39.8 Å². The Morgan fingerprint density at radius 2 is 1.94 bits per heavy atom. The maximum Gasteiger partial charge on any atom is 0.417 e. The van der Waals surface area contributed by atoms with E-state index in [4.69, 9.17) is 21.4 Å². The third-order valence-corrected chi connectivity index (χ3v) is 4.69. The van der Waals surface area contributed by atoms with Crippen molar-refractivity contribution < 1.29 is 27.8 Å². The molecule has 1 heterocycles. The molecule has 7 nitrogen and oxygen atoms in total. The van der Waals surface area contributed by atoms with Gasteiger partial charge in [-0.25, -0.2) is 4.68 Å². The highest BCUT2D eigenvalue weighted by atomic mass is 35.5. The van der Waals surface area contributed by atoms with Crippen molar-refractivity contribution in [1.29, 1.82) is 0 Å². The van der Waals surface area contributed by atoms with E-state index in [0.29, 0.717) is 0 Å². The van der Waals surface area contributed by atoms with E-state index in [2.05, 4.69) is 10.4 Å². The molecule has 0 radical (unpaired) electrons. The number of alkyl halides is 3. The summed E-state index contributed by atoms with van der Waals surface area (Å²) >= 11 is 5.95. The first kappa shape index (κ1) is 23.3. The Bertz CT molecular complexity index is 1210. The average Bonchev–Trinajstić information content (AvgIpc) is 2.75. The van der Waals surface area contributed by atoms with Crippen molar-refractivity contribution in [2.24, 2.45) is 0 Å². The Balaban J connectivity index is 2.18. The molecule has 0 fully saturated rings. The molecule has 2 N–H and O–H groups in total.